The molecule has 1 heterocycles. The maximum absolute atomic E-state index is 13.1. The first-order valence-electron chi connectivity index (χ1n) is 12.1. The maximum Gasteiger partial charge on any atom is 0.433 e. The Balaban J connectivity index is 2.05. The van der Waals surface area contributed by atoms with E-state index >= 15 is 0 Å². The van der Waals surface area contributed by atoms with E-state index in [1.54, 1.807) is 20.8 Å². The van der Waals surface area contributed by atoms with Gasteiger partial charge in [0.15, 0.2) is 0 Å². The lowest BCUT2D eigenvalue weighted by molar-refractivity contribution is -0.171. The number of hydrogen-bond acceptors (Lipinski definition) is 8. The molecule has 0 aromatic heterocycles. The van der Waals surface area contributed by atoms with Crippen molar-refractivity contribution in [1.82, 2.24) is 21.0 Å². The standard InChI is InChI=1S/C25H36N4O8/c1-16(2)13-19(28-24(34)37-29-20(30)11-12-21(29)31)27-22(32)18(26-23(33)36-25(3,4)5)15-35-14-17-9-7-6-8-10-17/h6-10,16,18-19H,11-15H2,1-5H3,(H,26,33)(H,27,32)(H,28,34)/t18-,19+/m0/s1. The lowest BCUT2D eigenvalue weighted by atomic mass is 10.1. The normalized spacial score (nSPS) is 15.2. The van der Waals surface area contributed by atoms with Gasteiger partial charge in [-0.25, -0.2) is 9.59 Å². The van der Waals surface area contributed by atoms with E-state index in [1.807, 2.05) is 44.2 Å². The Morgan fingerprint density at radius 2 is 1.57 bits per heavy atom. The Bertz CT molecular complexity index is 945. The van der Waals surface area contributed by atoms with Crippen LogP contribution in [0.2, 0.25) is 0 Å². The minimum atomic E-state index is -1.15. The van der Waals surface area contributed by atoms with E-state index in [0.29, 0.717) is 11.5 Å². The van der Waals surface area contributed by atoms with Crippen LogP contribution in [0.5, 0.6) is 0 Å². The topological polar surface area (TPSA) is 152 Å². The fourth-order valence-corrected chi connectivity index (χ4v) is 3.31. The van der Waals surface area contributed by atoms with Crippen LogP contribution >= 0.6 is 0 Å². The number of nitrogens with one attached hydrogen (secondary N) is 3. The first-order chi connectivity index (χ1) is 17.3. The van der Waals surface area contributed by atoms with E-state index in [9.17, 15) is 24.0 Å². The smallest absolute Gasteiger partial charge is 0.433 e. The molecule has 0 saturated carbocycles. The van der Waals surface area contributed by atoms with Gasteiger partial charge in [-0.15, -0.1) is 5.06 Å². The molecule has 3 N–H and O–H groups in total. The van der Waals surface area contributed by atoms with Gasteiger partial charge in [0, 0.05) is 12.8 Å². The Hall–Kier alpha value is -3.67. The highest BCUT2D eigenvalue weighted by Gasteiger charge is 2.34. The molecule has 2 rings (SSSR count). The number of rotatable bonds is 11. The summed E-state index contributed by atoms with van der Waals surface area (Å²) in [7, 11) is 0. The highest BCUT2D eigenvalue weighted by molar-refractivity contribution is 6.01. The van der Waals surface area contributed by atoms with E-state index in [1.165, 1.54) is 0 Å². The van der Waals surface area contributed by atoms with Crippen LogP contribution in [0, 0.1) is 5.92 Å². The van der Waals surface area contributed by atoms with Crippen LogP contribution in [0.15, 0.2) is 30.3 Å². The third kappa shape index (κ3) is 10.9. The van der Waals surface area contributed by atoms with Crippen molar-refractivity contribution in [3.05, 3.63) is 35.9 Å². The Kier molecular flexibility index (Phi) is 10.9. The van der Waals surface area contributed by atoms with Crippen molar-refractivity contribution in [2.24, 2.45) is 5.92 Å². The van der Waals surface area contributed by atoms with Gasteiger partial charge in [0.1, 0.15) is 17.8 Å². The van der Waals surface area contributed by atoms with E-state index in [-0.39, 0.29) is 32.0 Å². The molecule has 5 amide bonds. The van der Waals surface area contributed by atoms with Crippen molar-refractivity contribution in [2.75, 3.05) is 6.61 Å². The number of ether oxygens (including phenoxy) is 2. The van der Waals surface area contributed by atoms with E-state index in [0.717, 1.165) is 5.56 Å². The number of hydrogen-bond donors (Lipinski definition) is 3. The second-order valence-corrected chi connectivity index (χ2v) is 10.00. The summed E-state index contributed by atoms with van der Waals surface area (Å²) in [4.78, 5) is 66.1. The first-order valence-corrected chi connectivity index (χ1v) is 12.1. The molecular weight excluding hydrogens is 484 g/mol. The quantitative estimate of drug-likeness (QED) is 0.297. The number of benzene rings is 1. The number of nitrogens with zero attached hydrogens (tertiary/aromatic N) is 1. The third-order valence-corrected chi connectivity index (χ3v) is 4.90. The summed E-state index contributed by atoms with van der Waals surface area (Å²) in [6.07, 6.45) is -2.60. The van der Waals surface area contributed by atoms with Gasteiger partial charge in [-0.1, -0.05) is 44.2 Å². The predicted octanol–water partition coefficient (Wildman–Crippen LogP) is 2.38. The van der Waals surface area contributed by atoms with Gasteiger partial charge in [0.2, 0.25) is 5.91 Å². The molecule has 1 saturated heterocycles. The summed E-state index contributed by atoms with van der Waals surface area (Å²) >= 11 is 0. The summed E-state index contributed by atoms with van der Waals surface area (Å²) in [5.41, 5.74) is 0.0957. The molecule has 12 nitrogen and oxygen atoms in total. The van der Waals surface area contributed by atoms with Crippen molar-refractivity contribution >= 4 is 29.9 Å². The maximum atomic E-state index is 13.1. The van der Waals surface area contributed by atoms with E-state index < -0.39 is 47.7 Å². The Labute approximate surface area is 216 Å². The second kappa shape index (κ2) is 13.6. The highest BCUT2D eigenvalue weighted by Crippen LogP contribution is 2.13. The summed E-state index contributed by atoms with van der Waals surface area (Å²) in [6.45, 7) is 8.86. The lowest BCUT2D eigenvalue weighted by Crippen LogP contribution is -2.57. The van der Waals surface area contributed by atoms with Crippen LogP contribution in [0.4, 0.5) is 9.59 Å². The largest absolute Gasteiger partial charge is 0.444 e. The zero-order chi connectivity index (χ0) is 27.6. The number of carbonyl (C=O) groups excluding carboxylic acids is 5. The molecule has 0 radical (unpaired) electrons. The average Bonchev–Trinajstić information content (AvgIpc) is 3.09. The zero-order valence-electron chi connectivity index (χ0n) is 21.9. The zero-order valence-corrected chi connectivity index (χ0v) is 21.9. The van der Waals surface area contributed by atoms with Crippen LogP contribution in [0.1, 0.15) is 59.4 Å². The predicted molar refractivity (Wildman–Crippen MR) is 131 cm³/mol. The van der Waals surface area contributed by atoms with Gasteiger partial charge < -0.3 is 24.9 Å². The molecule has 1 aliphatic rings. The van der Waals surface area contributed by atoms with Crippen molar-refractivity contribution in [1.29, 1.82) is 0 Å². The van der Waals surface area contributed by atoms with E-state index in [2.05, 4.69) is 16.0 Å². The van der Waals surface area contributed by atoms with Gasteiger partial charge in [0.05, 0.1) is 13.2 Å². The van der Waals surface area contributed by atoms with Gasteiger partial charge in [0.25, 0.3) is 11.8 Å². The van der Waals surface area contributed by atoms with Crippen LogP contribution in [0.25, 0.3) is 0 Å². The molecule has 204 valence electrons. The van der Waals surface area contributed by atoms with E-state index in [4.69, 9.17) is 14.3 Å². The second-order valence-electron chi connectivity index (χ2n) is 10.00. The fraction of sp³-hybridized carbons (Fsp3) is 0.560. The van der Waals surface area contributed by atoms with Gasteiger partial charge in [-0.05, 0) is 38.7 Å². The van der Waals surface area contributed by atoms with Crippen molar-refractivity contribution in [2.45, 2.75) is 78.3 Å². The number of imide groups is 1. The summed E-state index contributed by atoms with van der Waals surface area (Å²) < 4.78 is 10.9. The number of hydroxylamine groups is 2. The monoisotopic (exact) mass is 520 g/mol. The lowest BCUT2D eigenvalue weighted by Gasteiger charge is -2.26. The van der Waals surface area contributed by atoms with Crippen molar-refractivity contribution in [3.8, 4) is 0 Å². The average molecular weight is 521 g/mol. The third-order valence-electron chi connectivity index (χ3n) is 4.90. The van der Waals surface area contributed by atoms with Gasteiger partial charge >= 0.3 is 12.2 Å². The number of alkyl carbamates (subject to hydrolysis) is 1. The Morgan fingerprint density at radius 1 is 0.946 bits per heavy atom. The number of carbonyl (C=O) groups is 5. The summed E-state index contributed by atoms with van der Waals surface area (Å²) in [5.74, 6) is -1.85. The van der Waals surface area contributed by atoms with Crippen LogP contribution < -0.4 is 16.0 Å². The molecule has 2 atom stereocenters. The van der Waals surface area contributed by atoms with Crippen molar-refractivity contribution < 1.29 is 38.3 Å². The molecule has 37 heavy (non-hydrogen) atoms. The van der Waals surface area contributed by atoms with Gasteiger partial charge in [-0.3, -0.25) is 19.7 Å². The fourth-order valence-electron chi connectivity index (χ4n) is 3.31. The molecule has 0 unspecified atom stereocenters. The summed E-state index contributed by atoms with van der Waals surface area (Å²) in [5, 5.41) is 8.02. The molecular formula is C25H36N4O8. The minimum absolute atomic E-state index is 0.0345. The molecule has 1 aliphatic heterocycles. The molecule has 1 aromatic carbocycles. The summed E-state index contributed by atoms with van der Waals surface area (Å²) in [6, 6.07) is 8.15. The van der Waals surface area contributed by atoms with Crippen LogP contribution in [0.3, 0.4) is 0 Å². The number of amides is 5. The SMILES string of the molecule is CC(C)C[C@@H](NC(=O)ON1C(=O)CCC1=O)NC(=O)[C@H](COCc1ccccc1)NC(=O)OC(C)(C)C. The molecule has 0 aliphatic carbocycles. The minimum Gasteiger partial charge on any atom is -0.444 e. The Morgan fingerprint density at radius 3 is 2.14 bits per heavy atom. The molecule has 1 aromatic rings. The molecule has 0 spiro atoms. The van der Waals surface area contributed by atoms with Crippen molar-refractivity contribution in [3.63, 3.8) is 0 Å². The first kappa shape index (κ1) is 29.6. The molecule has 0 bridgehead atoms. The van der Waals surface area contributed by atoms with Gasteiger partial charge in [-0.2, -0.15) is 0 Å². The van der Waals surface area contributed by atoms with Crippen LogP contribution in [-0.4, -0.2) is 59.4 Å². The highest BCUT2D eigenvalue weighted by atomic mass is 16.7. The molecule has 1 fully saturated rings. The van der Waals surface area contributed by atoms with Crippen LogP contribution in [-0.2, 0) is 35.3 Å². The molecule has 12 heteroatoms.